The Labute approximate surface area is 168 Å². The van der Waals surface area contributed by atoms with E-state index < -0.39 is 29.6 Å². The Morgan fingerprint density at radius 3 is 2.10 bits per heavy atom. The standard InChI is InChI=1S/C21H19F6NO2/c22-20(23,24)16-7-15(8-17(10-16)21(25,26)27)13-3-1-2-12(6-13)11-28-19(30)14-4-5-18(29)9-14/h1-3,6-8,10,14,18,29H,4-5,9,11H2,(H,28,30)/t14?,18-/m0/s1. The fraction of sp³-hybridized carbons (Fsp3) is 0.381. The van der Waals surface area contributed by atoms with Crippen molar-refractivity contribution in [2.45, 2.75) is 44.3 Å². The molecule has 2 atom stereocenters. The van der Waals surface area contributed by atoms with Crippen LogP contribution in [0.2, 0.25) is 0 Å². The molecule has 9 heteroatoms. The van der Waals surface area contributed by atoms with Gasteiger partial charge in [-0.2, -0.15) is 26.3 Å². The maximum atomic E-state index is 13.1. The summed E-state index contributed by atoms with van der Waals surface area (Å²) >= 11 is 0. The first kappa shape index (κ1) is 22.1. The van der Waals surface area contributed by atoms with Crippen LogP contribution in [0.1, 0.15) is 36.0 Å². The smallest absolute Gasteiger partial charge is 0.393 e. The van der Waals surface area contributed by atoms with Crippen molar-refractivity contribution in [3.05, 3.63) is 59.2 Å². The first-order valence-corrected chi connectivity index (χ1v) is 9.28. The zero-order chi connectivity index (χ0) is 22.1. The predicted molar refractivity (Wildman–Crippen MR) is 97.1 cm³/mol. The van der Waals surface area contributed by atoms with Crippen LogP contribution in [0, 0.1) is 5.92 Å². The summed E-state index contributed by atoms with van der Waals surface area (Å²) in [5.41, 5.74) is -2.28. The molecule has 3 nitrogen and oxygen atoms in total. The summed E-state index contributed by atoms with van der Waals surface area (Å²) in [5.74, 6) is -0.545. The first-order valence-electron chi connectivity index (χ1n) is 9.28. The molecule has 0 aromatic heterocycles. The van der Waals surface area contributed by atoms with Crippen LogP contribution < -0.4 is 5.32 Å². The van der Waals surface area contributed by atoms with E-state index >= 15 is 0 Å². The molecule has 2 N–H and O–H groups in total. The van der Waals surface area contributed by atoms with Crippen LogP contribution in [0.25, 0.3) is 11.1 Å². The van der Waals surface area contributed by atoms with Crippen molar-refractivity contribution in [2.24, 2.45) is 5.92 Å². The average molecular weight is 431 g/mol. The Morgan fingerprint density at radius 2 is 1.57 bits per heavy atom. The van der Waals surface area contributed by atoms with E-state index in [1.807, 2.05) is 0 Å². The van der Waals surface area contributed by atoms with E-state index in [4.69, 9.17) is 0 Å². The number of aliphatic hydroxyl groups is 1. The van der Waals surface area contributed by atoms with Gasteiger partial charge in [-0.05, 0) is 60.2 Å². The summed E-state index contributed by atoms with van der Waals surface area (Å²) in [6.07, 6.45) is -8.87. The van der Waals surface area contributed by atoms with E-state index in [-0.39, 0.29) is 35.6 Å². The molecule has 162 valence electrons. The minimum atomic E-state index is -4.92. The van der Waals surface area contributed by atoms with Crippen molar-refractivity contribution in [3.63, 3.8) is 0 Å². The van der Waals surface area contributed by atoms with Gasteiger partial charge in [0.15, 0.2) is 0 Å². The first-order chi connectivity index (χ1) is 13.9. The minimum Gasteiger partial charge on any atom is -0.393 e. The van der Waals surface area contributed by atoms with Gasteiger partial charge in [0.2, 0.25) is 5.91 Å². The van der Waals surface area contributed by atoms with Crippen LogP contribution in [0.3, 0.4) is 0 Å². The lowest BCUT2D eigenvalue weighted by Crippen LogP contribution is -2.29. The van der Waals surface area contributed by atoms with E-state index in [2.05, 4.69) is 5.32 Å². The van der Waals surface area contributed by atoms with E-state index in [0.717, 1.165) is 0 Å². The van der Waals surface area contributed by atoms with Crippen molar-refractivity contribution in [3.8, 4) is 11.1 Å². The molecule has 1 amide bonds. The maximum absolute atomic E-state index is 13.1. The molecule has 1 saturated carbocycles. The van der Waals surface area contributed by atoms with Gasteiger partial charge in [-0.15, -0.1) is 0 Å². The molecule has 1 unspecified atom stereocenters. The largest absolute Gasteiger partial charge is 0.416 e. The molecule has 2 aromatic rings. The van der Waals surface area contributed by atoms with Gasteiger partial charge in [0.1, 0.15) is 0 Å². The number of halogens is 6. The summed E-state index contributed by atoms with van der Waals surface area (Å²) in [7, 11) is 0. The summed E-state index contributed by atoms with van der Waals surface area (Å²) in [4.78, 5) is 12.2. The number of carbonyl (C=O) groups excluding carboxylic acids is 1. The molecular weight excluding hydrogens is 412 g/mol. The molecular formula is C21H19F6NO2. The molecule has 1 fully saturated rings. The van der Waals surface area contributed by atoms with Crippen molar-refractivity contribution < 1.29 is 36.2 Å². The van der Waals surface area contributed by atoms with Crippen molar-refractivity contribution in [1.82, 2.24) is 5.32 Å². The molecule has 30 heavy (non-hydrogen) atoms. The molecule has 0 spiro atoms. The molecule has 0 saturated heterocycles. The van der Waals surface area contributed by atoms with Gasteiger partial charge in [0.25, 0.3) is 0 Å². The topological polar surface area (TPSA) is 49.3 Å². The van der Waals surface area contributed by atoms with Gasteiger partial charge in [-0.1, -0.05) is 18.2 Å². The van der Waals surface area contributed by atoms with Gasteiger partial charge in [-0.3, -0.25) is 4.79 Å². The van der Waals surface area contributed by atoms with Crippen LogP contribution >= 0.6 is 0 Å². The highest BCUT2D eigenvalue weighted by Gasteiger charge is 2.37. The van der Waals surface area contributed by atoms with Crippen molar-refractivity contribution in [2.75, 3.05) is 0 Å². The highest BCUT2D eigenvalue weighted by atomic mass is 19.4. The van der Waals surface area contributed by atoms with E-state index in [0.29, 0.717) is 37.0 Å². The second-order valence-electron chi connectivity index (χ2n) is 7.38. The number of hydrogen-bond donors (Lipinski definition) is 2. The molecule has 1 aliphatic carbocycles. The van der Waals surface area contributed by atoms with Gasteiger partial charge >= 0.3 is 12.4 Å². The van der Waals surface area contributed by atoms with Crippen LogP contribution in [-0.2, 0) is 23.7 Å². The number of rotatable bonds is 4. The number of carbonyl (C=O) groups is 1. The number of benzene rings is 2. The Hall–Kier alpha value is -2.55. The third-order valence-electron chi connectivity index (χ3n) is 5.09. The Balaban J connectivity index is 1.83. The third kappa shape index (κ3) is 5.33. The second-order valence-corrected chi connectivity index (χ2v) is 7.38. The predicted octanol–water partition coefficient (Wildman–Crippen LogP) is 5.17. The lowest BCUT2D eigenvalue weighted by molar-refractivity contribution is -0.143. The van der Waals surface area contributed by atoms with Crippen molar-refractivity contribution in [1.29, 1.82) is 0 Å². The van der Waals surface area contributed by atoms with Crippen molar-refractivity contribution >= 4 is 5.91 Å². The fourth-order valence-corrected chi connectivity index (χ4v) is 3.51. The number of amides is 1. The SMILES string of the molecule is O=C(NCc1cccc(-c2cc(C(F)(F)F)cc(C(F)(F)F)c2)c1)C1CC[C@H](O)C1. The minimum absolute atomic E-state index is 0.0738. The van der Waals surface area contributed by atoms with E-state index in [9.17, 15) is 36.2 Å². The zero-order valence-corrected chi connectivity index (χ0v) is 15.6. The lowest BCUT2D eigenvalue weighted by Gasteiger charge is -2.15. The molecule has 3 rings (SSSR count). The normalized spacial score (nSPS) is 19.7. The average Bonchev–Trinajstić information content (AvgIpc) is 3.11. The summed E-state index contributed by atoms with van der Waals surface area (Å²) in [6, 6.07) is 7.41. The van der Waals surface area contributed by atoms with Gasteiger partial charge in [0, 0.05) is 12.5 Å². The summed E-state index contributed by atoms with van der Waals surface area (Å²) in [6.45, 7) is 0.0738. The van der Waals surface area contributed by atoms with Crippen LogP contribution in [0.5, 0.6) is 0 Å². The third-order valence-corrected chi connectivity index (χ3v) is 5.09. The number of nitrogens with one attached hydrogen (secondary N) is 1. The Morgan fingerprint density at radius 1 is 0.933 bits per heavy atom. The number of aliphatic hydroxyl groups excluding tert-OH is 1. The quantitative estimate of drug-likeness (QED) is 0.657. The Kier molecular flexibility index (Phi) is 6.12. The van der Waals surface area contributed by atoms with E-state index in [1.165, 1.54) is 18.2 Å². The zero-order valence-electron chi connectivity index (χ0n) is 15.6. The van der Waals surface area contributed by atoms with Crippen LogP contribution in [0.4, 0.5) is 26.3 Å². The number of alkyl halides is 6. The van der Waals surface area contributed by atoms with Gasteiger partial charge < -0.3 is 10.4 Å². The lowest BCUT2D eigenvalue weighted by atomic mass is 9.97. The summed E-state index contributed by atoms with van der Waals surface area (Å²) in [5, 5.41) is 12.2. The van der Waals surface area contributed by atoms with Gasteiger partial charge in [0.05, 0.1) is 17.2 Å². The fourth-order valence-electron chi connectivity index (χ4n) is 3.51. The second kappa shape index (κ2) is 8.29. The van der Waals surface area contributed by atoms with Crippen LogP contribution in [0.15, 0.2) is 42.5 Å². The molecule has 0 radical (unpaired) electrons. The monoisotopic (exact) mass is 431 g/mol. The molecule has 0 heterocycles. The highest BCUT2D eigenvalue weighted by molar-refractivity contribution is 5.79. The van der Waals surface area contributed by atoms with E-state index in [1.54, 1.807) is 6.07 Å². The molecule has 2 aromatic carbocycles. The molecule has 0 bridgehead atoms. The maximum Gasteiger partial charge on any atom is 0.416 e. The highest BCUT2D eigenvalue weighted by Crippen LogP contribution is 2.38. The van der Waals surface area contributed by atoms with Crippen LogP contribution in [-0.4, -0.2) is 17.1 Å². The summed E-state index contributed by atoms with van der Waals surface area (Å²) < 4.78 is 78.5. The number of hydrogen-bond acceptors (Lipinski definition) is 2. The Bertz CT molecular complexity index is 890. The van der Waals surface area contributed by atoms with Gasteiger partial charge in [-0.25, -0.2) is 0 Å². The molecule has 0 aliphatic heterocycles. The molecule has 1 aliphatic rings.